The molecular formula is C15H22N2O2. The maximum atomic E-state index is 12.5. The molecule has 1 amide bonds. The number of carbonyl (C=O) groups is 1. The molecule has 1 N–H and O–H groups in total. The van der Waals surface area contributed by atoms with Crippen LogP contribution in [0.3, 0.4) is 0 Å². The van der Waals surface area contributed by atoms with Crippen LogP contribution in [0.5, 0.6) is 0 Å². The summed E-state index contributed by atoms with van der Waals surface area (Å²) in [7, 11) is 1.84. The topological polar surface area (TPSA) is 41.6 Å². The predicted molar refractivity (Wildman–Crippen MR) is 75.3 cm³/mol. The average Bonchev–Trinajstić information content (AvgIpc) is 2.46. The molecule has 2 rings (SSSR count). The molecule has 0 radical (unpaired) electrons. The first-order valence-corrected chi connectivity index (χ1v) is 6.88. The number of hydrogen-bond acceptors (Lipinski definition) is 3. The van der Waals surface area contributed by atoms with Crippen LogP contribution in [-0.2, 0) is 17.7 Å². The van der Waals surface area contributed by atoms with Gasteiger partial charge in [0.25, 0.3) is 5.91 Å². The third-order valence-corrected chi connectivity index (χ3v) is 3.49. The van der Waals surface area contributed by atoms with Crippen molar-refractivity contribution in [1.82, 2.24) is 10.2 Å². The normalized spacial score (nSPS) is 14.0. The SMILES string of the molecule is CCOCCN(C)C(=O)c1cccc2c1CCNC2. The van der Waals surface area contributed by atoms with Crippen LogP contribution in [0.2, 0.25) is 0 Å². The average molecular weight is 262 g/mol. The lowest BCUT2D eigenvalue weighted by molar-refractivity contribution is 0.0708. The lowest BCUT2D eigenvalue weighted by Gasteiger charge is -2.23. The number of amides is 1. The zero-order chi connectivity index (χ0) is 13.7. The molecule has 1 heterocycles. The summed E-state index contributed by atoms with van der Waals surface area (Å²) in [4.78, 5) is 14.2. The molecule has 0 saturated carbocycles. The Hall–Kier alpha value is -1.39. The Morgan fingerprint density at radius 2 is 2.32 bits per heavy atom. The van der Waals surface area contributed by atoms with E-state index in [9.17, 15) is 4.79 Å². The molecule has 0 unspecified atom stereocenters. The number of carbonyl (C=O) groups excluding carboxylic acids is 1. The molecule has 104 valence electrons. The van der Waals surface area contributed by atoms with Gasteiger partial charge in [0.1, 0.15) is 0 Å². The van der Waals surface area contributed by atoms with Gasteiger partial charge in [-0.05, 0) is 37.1 Å². The molecule has 1 aromatic carbocycles. The quantitative estimate of drug-likeness (QED) is 0.816. The number of rotatable bonds is 5. The molecule has 0 saturated heterocycles. The number of nitrogens with zero attached hydrogens (tertiary/aromatic N) is 1. The summed E-state index contributed by atoms with van der Waals surface area (Å²) in [6.45, 7) is 5.68. The molecule has 0 aliphatic carbocycles. The Morgan fingerprint density at radius 3 is 3.11 bits per heavy atom. The molecule has 4 nitrogen and oxygen atoms in total. The van der Waals surface area contributed by atoms with Crippen LogP contribution >= 0.6 is 0 Å². The van der Waals surface area contributed by atoms with Gasteiger partial charge in [-0.3, -0.25) is 4.79 Å². The van der Waals surface area contributed by atoms with Gasteiger partial charge in [-0.25, -0.2) is 0 Å². The molecule has 19 heavy (non-hydrogen) atoms. The standard InChI is InChI=1S/C15H22N2O2/c1-3-19-10-9-17(2)15(18)14-6-4-5-12-11-16-8-7-13(12)14/h4-6,16H,3,7-11H2,1-2H3. The van der Waals surface area contributed by atoms with E-state index in [0.29, 0.717) is 19.8 Å². The van der Waals surface area contributed by atoms with Crippen molar-refractivity contribution in [2.75, 3.05) is 33.4 Å². The van der Waals surface area contributed by atoms with Crippen molar-refractivity contribution < 1.29 is 9.53 Å². The zero-order valence-corrected chi connectivity index (χ0v) is 11.7. The largest absolute Gasteiger partial charge is 0.380 e. The molecule has 4 heteroatoms. The first-order valence-electron chi connectivity index (χ1n) is 6.88. The molecule has 1 aliphatic rings. The third kappa shape index (κ3) is 3.33. The molecular weight excluding hydrogens is 240 g/mol. The Balaban J connectivity index is 2.10. The van der Waals surface area contributed by atoms with E-state index in [1.54, 1.807) is 4.90 Å². The Bertz CT molecular complexity index is 446. The summed E-state index contributed by atoms with van der Waals surface area (Å²) in [5.74, 6) is 0.0958. The minimum atomic E-state index is 0.0958. The first-order chi connectivity index (χ1) is 9.24. The number of benzene rings is 1. The molecule has 0 aromatic heterocycles. The van der Waals surface area contributed by atoms with Crippen molar-refractivity contribution in [2.45, 2.75) is 19.9 Å². The monoisotopic (exact) mass is 262 g/mol. The first kappa shape index (κ1) is 14.0. The van der Waals surface area contributed by atoms with Gasteiger partial charge >= 0.3 is 0 Å². The zero-order valence-electron chi connectivity index (χ0n) is 11.7. The van der Waals surface area contributed by atoms with Crippen LogP contribution in [0.25, 0.3) is 0 Å². The highest BCUT2D eigenvalue weighted by Crippen LogP contribution is 2.19. The van der Waals surface area contributed by atoms with E-state index in [0.717, 1.165) is 25.1 Å². The van der Waals surface area contributed by atoms with Crippen LogP contribution in [-0.4, -0.2) is 44.2 Å². The summed E-state index contributed by atoms with van der Waals surface area (Å²) in [5.41, 5.74) is 3.29. The number of nitrogens with one attached hydrogen (secondary N) is 1. The van der Waals surface area contributed by atoms with Crippen molar-refractivity contribution in [3.05, 3.63) is 34.9 Å². The Kier molecular flexibility index (Phi) is 4.93. The number of hydrogen-bond donors (Lipinski definition) is 1. The van der Waals surface area contributed by atoms with E-state index >= 15 is 0 Å². The van der Waals surface area contributed by atoms with E-state index < -0.39 is 0 Å². The van der Waals surface area contributed by atoms with Gasteiger partial charge < -0.3 is 15.0 Å². The predicted octanol–water partition coefficient (Wildman–Crippen LogP) is 1.44. The van der Waals surface area contributed by atoms with Crippen molar-refractivity contribution in [1.29, 1.82) is 0 Å². The van der Waals surface area contributed by atoms with Gasteiger partial charge in [0.2, 0.25) is 0 Å². The summed E-state index contributed by atoms with van der Waals surface area (Å²) in [6, 6.07) is 6.00. The third-order valence-electron chi connectivity index (χ3n) is 3.49. The van der Waals surface area contributed by atoms with E-state index in [4.69, 9.17) is 4.74 Å². The summed E-state index contributed by atoms with van der Waals surface area (Å²) in [5, 5.41) is 3.33. The van der Waals surface area contributed by atoms with E-state index in [1.165, 1.54) is 11.1 Å². The number of ether oxygens (including phenoxy) is 1. The molecule has 0 fully saturated rings. The number of fused-ring (bicyclic) bond motifs is 1. The van der Waals surface area contributed by atoms with Gasteiger partial charge in [0, 0.05) is 32.3 Å². The minimum absolute atomic E-state index is 0.0958. The highest BCUT2D eigenvalue weighted by molar-refractivity contribution is 5.96. The fourth-order valence-electron chi connectivity index (χ4n) is 2.39. The molecule has 0 atom stereocenters. The van der Waals surface area contributed by atoms with Gasteiger partial charge in [0.15, 0.2) is 0 Å². The highest BCUT2D eigenvalue weighted by atomic mass is 16.5. The summed E-state index contributed by atoms with van der Waals surface area (Å²) < 4.78 is 5.30. The summed E-state index contributed by atoms with van der Waals surface area (Å²) >= 11 is 0. The Labute approximate surface area is 114 Å². The second kappa shape index (κ2) is 6.68. The van der Waals surface area contributed by atoms with Gasteiger partial charge in [-0.1, -0.05) is 12.1 Å². The van der Waals surface area contributed by atoms with Crippen LogP contribution < -0.4 is 5.32 Å². The number of likely N-dealkylation sites (N-methyl/N-ethyl adjacent to an activating group) is 1. The molecule has 0 bridgehead atoms. The van der Waals surface area contributed by atoms with E-state index in [-0.39, 0.29) is 5.91 Å². The Morgan fingerprint density at radius 1 is 1.47 bits per heavy atom. The van der Waals surface area contributed by atoms with Crippen molar-refractivity contribution in [3.63, 3.8) is 0 Å². The molecule has 1 aromatic rings. The van der Waals surface area contributed by atoms with Crippen LogP contribution in [0.15, 0.2) is 18.2 Å². The van der Waals surface area contributed by atoms with Crippen LogP contribution in [0.4, 0.5) is 0 Å². The minimum Gasteiger partial charge on any atom is -0.380 e. The highest BCUT2D eigenvalue weighted by Gasteiger charge is 2.19. The van der Waals surface area contributed by atoms with Gasteiger partial charge in [0.05, 0.1) is 6.61 Å². The van der Waals surface area contributed by atoms with Gasteiger partial charge in [-0.2, -0.15) is 0 Å². The fourth-order valence-corrected chi connectivity index (χ4v) is 2.39. The van der Waals surface area contributed by atoms with Crippen LogP contribution in [0, 0.1) is 0 Å². The fraction of sp³-hybridized carbons (Fsp3) is 0.533. The second-order valence-corrected chi connectivity index (χ2v) is 4.79. The molecule has 0 spiro atoms. The van der Waals surface area contributed by atoms with Crippen molar-refractivity contribution in [2.24, 2.45) is 0 Å². The maximum Gasteiger partial charge on any atom is 0.253 e. The van der Waals surface area contributed by atoms with Crippen LogP contribution in [0.1, 0.15) is 28.4 Å². The smallest absolute Gasteiger partial charge is 0.253 e. The van der Waals surface area contributed by atoms with Gasteiger partial charge in [-0.15, -0.1) is 0 Å². The van der Waals surface area contributed by atoms with E-state index in [1.807, 2.05) is 26.1 Å². The van der Waals surface area contributed by atoms with Crippen molar-refractivity contribution in [3.8, 4) is 0 Å². The molecule has 1 aliphatic heterocycles. The summed E-state index contributed by atoms with van der Waals surface area (Å²) in [6.07, 6.45) is 0.927. The lowest BCUT2D eigenvalue weighted by atomic mass is 9.95. The lowest BCUT2D eigenvalue weighted by Crippen LogP contribution is -2.33. The van der Waals surface area contributed by atoms with E-state index in [2.05, 4.69) is 11.4 Å². The maximum absolute atomic E-state index is 12.5. The van der Waals surface area contributed by atoms with Crippen molar-refractivity contribution >= 4 is 5.91 Å². The second-order valence-electron chi connectivity index (χ2n) is 4.79.